The predicted molar refractivity (Wildman–Crippen MR) is 76.6 cm³/mol. The van der Waals surface area contributed by atoms with Crippen molar-refractivity contribution in [2.24, 2.45) is 0 Å². The zero-order valence-corrected chi connectivity index (χ0v) is 11.4. The second-order valence-electron chi connectivity index (χ2n) is 4.95. The summed E-state index contributed by atoms with van der Waals surface area (Å²) in [5, 5.41) is 11.6. The van der Waals surface area contributed by atoms with E-state index in [1.165, 1.54) is 16.8 Å². The number of anilines is 1. The Morgan fingerprint density at radius 2 is 2.30 bits per heavy atom. The molecule has 2 atom stereocenters. The van der Waals surface area contributed by atoms with Crippen molar-refractivity contribution in [1.29, 1.82) is 0 Å². The molecule has 3 heterocycles. The van der Waals surface area contributed by atoms with E-state index in [2.05, 4.69) is 26.4 Å². The van der Waals surface area contributed by atoms with Crippen molar-refractivity contribution in [2.75, 3.05) is 12.3 Å². The zero-order valence-electron chi connectivity index (χ0n) is 10.6. The zero-order chi connectivity index (χ0) is 13.7. The van der Waals surface area contributed by atoms with E-state index in [-0.39, 0.29) is 18.6 Å². The molecule has 0 fully saturated rings. The van der Waals surface area contributed by atoms with E-state index in [1.807, 2.05) is 4.57 Å². The van der Waals surface area contributed by atoms with Gasteiger partial charge in [-0.05, 0) is 23.4 Å². The standard InChI is InChI=1S/C13H13N5OS/c14-12-10-13(16-5-15-12)18(6-17-10)9-3-7(4-19)11-8(9)1-2-20-11/h1-2,5-7,9,19H,3-4H2,(H2,14,15,16)/t7-,9?/m1/s1. The van der Waals surface area contributed by atoms with Crippen LogP contribution in [0.25, 0.3) is 11.2 Å². The molecule has 0 bridgehead atoms. The molecule has 0 saturated heterocycles. The van der Waals surface area contributed by atoms with Gasteiger partial charge in [0.2, 0.25) is 0 Å². The van der Waals surface area contributed by atoms with Crippen LogP contribution in [0.2, 0.25) is 0 Å². The van der Waals surface area contributed by atoms with Crippen LogP contribution in [-0.2, 0) is 0 Å². The third-order valence-corrected chi connectivity index (χ3v) is 5.00. The van der Waals surface area contributed by atoms with Gasteiger partial charge in [0.1, 0.15) is 11.8 Å². The van der Waals surface area contributed by atoms with Crippen LogP contribution >= 0.6 is 11.3 Å². The van der Waals surface area contributed by atoms with Crippen LogP contribution in [0.5, 0.6) is 0 Å². The lowest BCUT2D eigenvalue weighted by atomic mass is 10.1. The molecule has 0 saturated carbocycles. The topological polar surface area (TPSA) is 89.9 Å². The number of hydrogen-bond donors (Lipinski definition) is 2. The van der Waals surface area contributed by atoms with Crippen LogP contribution in [0.15, 0.2) is 24.1 Å². The number of thiophene rings is 1. The molecule has 6 nitrogen and oxygen atoms in total. The molecule has 7 heteroatoms. The van der Waals surface area contributed by atoms with E-state index in [0.717, 1.165) is 12.1 Å². The molecule has 4 rings (SSSR count). The molecule has 0 aromatic carbocycles. The van der Waals surface area contributed by atoms with Gasteiger partial charge in [-0.25, -0.2) is 15.0 Å². The highest BCUT2D eigenvalue weighted by Crippen LogP contribution is 2.45. The first kappa shape index (κ1) is 11.8. The first-order valence-corrected chi connectivity index (χ1v) is 7.28. The minimum Gasteiger partial charge on any atom is -0.396 e. The summed E-state index contributed by atoms with van der Waals surface area (Å²) in [4.78, 5) is 13.9. The van der Waals surface area contributed by atoms with Crippen molar-refractivity contribution >= 4 is 28.3 Å². The third kappa shape index (κ3) is 1.50. The van der Waals surface area contributed by atoms with Crippen molar-refractivity contribution in [1.82, 2.24) is 19.5 Å². The Kier molecular flexibility index (Phi) is 2.51. The van der Waals surface area contributed by atoms with E-state index in [9.17, 15) is 5.11 Å². The Balaban J connectivity index is 1.87. The lowest BCUT2D eigenvalue weighted by Gasteiger charge is -2.13. The Labute approximate surface area is 118 Å². The van der Waals surface area contributed by atoms with Gasteiger partial charge in [0.05, 0.1) is 19.0 Å². The molecular formula is C13H13N5OS. The summed E-state index contributed by atoms with van der Waals surface area (Å²) in [6, 6.07) is 2.28. The van der Waals surface area contributed by atoms with Crippen molar-refractivity contribution in [3.63, 3.8) is 0 Å². The van der Waals surface area contributed by atoms with E-state index < -0.39 is 0 Å². The number of imidazole rings is 1. The Morgan fingerprint density at radius 1 is 1.40 bits per heavy atom. The van der Waals surface area contributed by atoms with Gasteiger partial charge < -0.3 is 15.4 Å². The molecule has 3 aromatic rings. The molecule has 0 amide bonds. The summed E-state index contributed by atoms with van der Waals surface area (Å²) in [5.41, 5.74) is 8.47. The van der Waals surface area contributed by atoms with Gasteiger partial charge in [0, 0.05) is 10.8 Å². The fourth-order valence-electron chi connectivity index (χ4n) is 2.96. The average molecular weight is 287 g/mol. The third-order valence-electron chi connectivity index (χ3n) is 3.91. The quantitative estimate of drug-likeness (QED) is 0.746. The second-order valence-corrected chi connectivity index (χ2v) is 5.90. The summed E-state index contributed by atoms with van der Waals surface area (Å²) in [6.07, 6.45) is 4.10. The lowest BCUT2D eigenvalue weighted by Crippen LogP contribution is -2.08. The van der Waals surface area contributed by atoms with Crippen LogP contribution in [0.3, 0.4) is 0 Å². The average Bonchev–Trinajstić information content (AvgIpc) is 3.12. The fourth-order valence-corrected chi connectivity index (χ4v) is 4.03. The van der Waals surface area contributed by atoms with Crippen molar-refractivity contribution in [3.05, 3.63) is 34.5 Å². The van der Waals surface area contributed by atoms with Gasteiger partial charge in [0.15, 0.2) is 11.5 Å². The first-order valence-electron chi connectivity index (χ1n) is 6.40. The maximum Gasteiger partial charge on any atom is 0.165 e. The maximum atomic E-state index is 9.54. The van der Waals surface area contributed by atoms with E-state index >= 15 is 0 Å². The molecule has 1 aliphatic rings. The maximum absolute atomic E-state index is 9.54. The molecule has 102 valence electrons. The van der Waals surface area contributed by atoms with Crippen molar-refractivity contribution in [2.45, 2.75) is 18.4 Å². The van der Waals surface area contributed by atoms with Crippen molar-refractivity contribution in [3.8, 4) is 0 Å². The number of hydrogen-bond acceptors (Lipinski definition) is 6. The predicted octanol–water partition coefficient (Wildman–Crippen LogP) is 1.54. The smallest absolute Gasteiger partial charge is 0.165 e. The molecule has 3 aromatic heterocycles. The Bertz CT molecular complexity index is 780. The Morgan fingerprint density at radius 3 is 3.15 bits per heavy atom. The Hall–Kier alpha value is -1.99. The molecule has 0 aliphatic heterocycles. The molecule has 20 heavy (non-hydrogen) atoms. The van der Waals surface area contributed by atoms with Gasteiger partial charge in [-0.3, -0.25) is 0 Å². The monoisotopic (exact) mass is 287 g/mol. The molecule has 3 N–H and O–H groups in total. The number of aliphatic hydroxyl groups is 1. The van der Waals surface area contributed by atoms with Crippen molar-refractivity contribution < 1.29 is 5.11 Å². The normalized spacial score (nSPS) is 21.4. The molecule has 1 aliphatic carbocycles. The summed E-state index contributed by atoms with van der Waals surface area (Å²) < 4.78 is 2.04. The van der Waals surface area contributed by atoms with Gasteiger partial charge in [-0.15, -0.1) is 11.3 Å². The largest absolute Gasteiger partial charge is 0.396 e. The van der Waals surface area contributed by atoms with E-state index in [4.69, 9.17) is 5.73 Å². The van der Waals surface area contributed by atoms with Crippen LogP contribution < -0.4 is 5.73 Å². The first-order chi connectivity index (χ1) is 9.79. The van der Waals surface area contributed by atoms with Crippen LogP contribution in [-0.4, -0.2) is 31.2 Å². The van der Waals surface area contributed by atoms with Crippen LogP contribution in [0.1, 0.15) is 28.8 Å². The van der Waals surface area contributed by atoms with Gasteiger partial charge in [0.25, 0.3) is 0 Å². The fraction of sp³-hybridized carbons (Fsp3) is 0.308. The molecule has 0 spiro atoms. The minimum atomic E-state index is 0.160. The van der Waals surface area contributed by atoms with Crippen LogP contribution in [0.4, 0.5) is 5.82 Å². The molecule has 0 radical (unpaired) electrons. The minimum absolute atomic E-state index is 0.160. The summed E-state index contributed by atoms with van der Waals surface area (Å²) in [5.74, 6) is 0.600. The second kappa shape index (κ2) is 4.26. The number of aliphatic hydroxyl groups excluding tert-OH is 1. The number of rotatable bonds is 2. The van der Waals surface area contributed by atoms with Gasteiger partial charge in [-0.2, -0.15) is 0 Å². The number of fused-ring (bicyclic) bond motifs is 2. The molecule has 1 unspecified atom stereocenters. The lowest BCUT2D eigenvalue weighted by molar-refractivity contribution is 0.260. The number of aromatic nitrogens is 4. The summed E-state index contributed by atoms with van der Waals surface area (Å²) >= 11 is 1.70. The highest BCUT2D eigenvalue weighted by atomic mass is 32.1. The number of nitrogens with two attached hydrogens (primary N) is 1. The van der Waals surface area contributed by atoms with Gasteiger partial charge >= 0.3 is 0 Å². The molecular weight excluding hydrogens is 274 g/mol. The summed E-state index contributed by atoms with van der Waals surface area (Å²) in [6.45, 7) is 0.174. The highest BCUT2D eigenvalue weighted by molar-refractivity contribution is 7.10. The van der Waals surface area contributed by atoms with E-state index in [1.54, 1.807) is 17.7 Å². The number of nitrogens with zero attached hydrogens (tertiary/aromatic N) is 4. The SMILES string of the molecule is Nc1ncnc2c1ncn2C1C[C@H](CO)c2sccc21. The summed E-state index contributed by atoms with van der Waals surface area (Å²) in [7, 11) is 0. The van der Waals surface area contributed by atoms with Gasteiger partial charge in [-0.1, -0.05) is 0 Å². The van der Waals surface area contributed by atoms with E-state index in [0.29, 0.717) is 11.3 Å². The highest BCUT2D eigenvalue weighted by Gasteiger charge is 2.33. The van der Waals surface area contributed by atoms with Crippen LogP contribution in [0, 0.1) is 0 Å². The number of nitrogen functional groups attached to an aromatic ring is 1.